The Balaban J connectivity index is 1.57. The summed E-state index contributed by atoms with van der Waals surface area (Å²) in [6, 6.07) is 14.1. The highest BCUT2D eigenvalue weighted by Crippen LogP contribution is 2.25. The summed E-state index contributed by atoms with van der Waals surface area (Å²) in [6.07, 6.45) is 1.04. The summed E-state index contributed by atoms with van der Waals surface area (Å²) in [4.78, 5) is 12.9. The van der Waals surface area contributed by atoms with Gasteiger partial charge < -0.3 is 5.32 Å². The number of sulfonamides is 1. The normalized spacial score (nSPS) is 17.2. The highest BCUT2D eigenvalue weighted by molar-refractivity contribution is 7.89. The molecule has 7 heteroatoms. The number of carbonyl (C=O) groups excluding carboxylic acids is 1. The summed E-state index contributed by atoms with van der Waals surface area (Å²) in [5.41, 5.74) is 2.00. The Kier molecular flexibility index (Phi) is 6.43. The lowest BCUT2D eigenvalue weighted by Gasteiger charge is -2.31. The first-order valence-corrected chi connectivity index (χ1v) is 11.2. The maximum absolute atomic E-state index is 12.8. The second-order valence-corrected chi connectivity index (χ2v) is 9.65. The average Bonchev–Trinajstić information content (AvgIpc) is 2.69. The van der Waals surface area contributed by atoms with Crippen LogP contribution < -0.4 is 5.32 Å². The molecule has 0 saturated carbocycles. The third-order valence-corrected chi connectivity index (χ3v) is 7.38. The molecule has 0 radical (unpaired) electrons. The molecule has 3 rings (SSSR count). The molecule has 0 spiro atoms. The minimum absolute atomic E-state index is 0.0326. The van der Waals surface area contributed by atoms with Crippen molar-refractivity contribution in [1.29, 1.82) is 0 Å². The van der Waals surface area contributed by atoms with Crippen LogP contribution >= 0.6 is 11.6 Å². The fourth-order valence-corrected chi connectivity index (χ4v) is 4.98. The van der Waals surface area contributed by atoms with E-state index in [1.807, 2.05) is 26.0 Å². The minimum atomic E-state index is -3.51. The first-order chi connectivity index (χ1) is 13.3. The van der Waals surface area contributed by atoms with Crippen LogP contribution in [0.3, 0.4) is 0 Å². The monoisotopic (exact) mass is 420 g/mol. The van der Waals surface area contributed by atoms with E-state index >= 15 is 0 Å². The van der Waals surface area contributed by atoms with E-state index in [1.165, 1.54) is 4.31 Å². The number of nitrogens with zero attached hydrogens (tertiary/aromatic N) is 1. The molecule has 1 aliphatic heterocycles. The van der Waals surface area contributed by atoms with Crippen molar-refractivity contribution >= 4 is 27.5 Å². The Morgan fingerprint density at radius 1 is 1.07 bits per heavy atom. The number of aryl methyl sites for hydroxylation is 1. The van der Waals surface area contributed by atoms with Gasteiger partial charge in [0, 0.05) is 24.0 Å². The Morgan fingerprint density at radius 3 is 2.21 bits per heavy atom. The molecule has 0 bridgehead atoms. The highest BCUT2D eigenvalue weighted by Gasteiger charge is 2.32. The molecule has 1 N–H and O–H groups in total. The van der Waals surface area contributed by atoms with Crippen LogP contribution in [0.15, 0.2) is 53.4 Å². The van der Waals surface area contributed by atoms with Crippen molar-refractivity contribution in [3.8, 4) is 0 Å². The molecule has 1 heterocycles. The number of nitrogens with one attached hydrogen (secondary N) is 1. The van der Waals surface area contributed by atoms with Crippen molar-refractivity contribution in [2.75, 3.05) is 13.1 Å². The number of hydrogen-bond acceptors (Lipinski definition) is 3. The third kappa shape index (κ3) is 4.74. The topological polar surface area (TPSA) is 66.5 Å². The molecule has 2 aromatic rings. The first-order valence-electron chi connectivity index (χ1n) is 9.40. The SMILES string of the molecule is Cc1ccc(S(=O)(=O)N2CCC(C(=O)NC(C)c3ccc(Cl)cc3)CC2)cc1. The Bertz CT molecular complexity index is 919. The average molecular weight is 421 g/mol. The van der Waals surface area contributed by atoms with Crippen molar-refractivity contribution < 1.29 is 13.2 Å². The second-order valence-electron chi connectivity index (χ2n) is 7.27. The summed E-state index contributed by atoms with van der Waals surface area (Å²) in [7, 11) is -3.51. The lowest BCUT2D eigenvalue weighted by atomic mass is 9.96. The number of amides is 1. The van der Waals surface area contributed by atoms with Crippen LogP contribution in [-0.4, -0.2) is 31.7 Å². The lowest BCUT2D eigenvalue weighted by Crippen LogP contribution is -2.43. The molecule has 1 fully saturated rings. The number of benzene rings is 2. The molecule has 1 saturated heterocycles. The molecule has 1 atom stereocenters. The van der Waals surface area contributed by atoms with Gasteiger partial charge in [-0.15, -0.1) is 0 Å². The maximum atomic E-state index is 12.8. The zero-order valence-electron chi connectivity index (χ0n) is 16.1. The van der Waals surface area contributed by atoms with Crippen molar-refractivity contribution in [3.63, 3.8) is 0 Å². The van der Waals surface area contributed by atoms with Gasteiger partial charge in [0.05, 0.1) is 10.9 Å². The van der Waals surface area contributed by atoms with Crippen LogP contribution in [-0.2, 0) is 14.8 Å². The zero-order valence-corrected chi connectivity index (χ0v) is 17.6. The summed E-state index contributed by atoms with van der Waals surface area (Å²) < 4.78 is 27.0. The van der Waals surface area contributed by atoms with E-state index in [2.05, 4.69) is 5.32 Å². The number of hydrogen-bond donors (Lipinski definition) is 1. The molecule has 2 aromatic carbocycles. The lowest BCUT2D eigenvalue weighted by molar-refractivity contribution is -0.126. The van der Waals surface area contributed by atoms with Gasteiger partial charge in [-0.2, -0.15) is 4.31 Å². The van der Waals surface area contributed by atoms with Gasteiger partial charge in [-0.05, 0) is 56.5 Å². The van der Waals surface area contributed by atoms with Gasteiger partial charge in [-0.25, -0.2) is 8.42 Å². The van der Waals surface area contributed by atoms with Gasteiger partial charge in [0.1, 0.15) is 0 Å². The van der Waals surface area contributed by atoms with E-state index in [-0.39, 0.29) is 17.9 Å². The van der Waals surface area contributed by atoms with Crippen LogP contribution in [0.25, 0.3) is 0 Å². The Labute approximate surface area is 171 Å². The largest absolute Gasteiger partial charge is 0.349 e. The molecular formula is C21H25ClN2O3S. The van der Waals surface area contributed by atoms with E-state index in [9.17, 15) is 13.2 Å². The van der Waals surface area contributed by atoms with Crippen LogP contribution in [0, 0.1) is 12.8 Å². The van der Waals surface area contributed by atoms with Crippen LogP contribution in [0.5, 0.6) is 0 Å². The van der Waals surface area contributed by atoms with Crippen LogP contribution in [0.2, 0.25) is 5.02 Å². The summed E-state index contributed by atoms with van der Waals surface area (Å²) in [6.45, 7) is 4.55. The molecule has 0 aliphatic carbocycles. The summed E-state index contributed by atoms with van der Waals surface area (Å²) in [5.74, 6) is -0.214. The maximum Gasteiger partial charge on any atom is 0.243 e. The fourth-order valence-electron chi connectivity index (χ4n) is 3.38. The number of rotatable bonds is 5. The zero-order chi connectivity index (χ0) is 20.3. The molecule has 28 heavy (non-hydrogen) atoms. The van der Waals surface area contributed by atoms with E-state index in [0.29, 0.717) is 35.8 Å². The molecular weight excluding hydrogens is 396 g/mol. The van der Waals surface area contributed by atoms with Crippen molar-refractivity contribution in [1.82, 2.24) is 9.62 Å². The van der Waals surface area contributed by atoms with Gasteiger partial charge in [0.15, 0.2) is 0 Å². The van der Waals surface area contributed by atoms with Crippen LogP contribution in [0.4, 0.5) is 0 Å². The number of carbonyl (C=O) groups is 1. The van der Waals surface area contributed by atoms with E-state index in [0.717, 1.165) is 11.1 Å². The van der Waals surface area contributed by atoms with E-state index < -0.39 is 10.0 Å². The summed E-state index contributed by atoms with van der Waals surface area (Å²) >= 11 is 5.91. The summed E-state index contributed by atoms with van der Waals surface area (Å²) in [5, 5.41) is 3.68. The molecule has 1 amide bonds. The predicted molar refractivity (Wildman–Crippen MR) is 111 cm³/mol. The van der Waals surface area contributed by atoms with E-state index in [4.69, 9.17) is 11.6 Å². The molecule has 1 unspecified atom stereocenters. The fraction of sp³-hybridized carbons (Fsp3) is 0.381. The van der Waals surface area contributed by atoms with Gasteiger partial charge in [0.25, 0.3) is 0 Å². The van der Waals surface area contributed by atoms with Crippen molar-refractivity contribution in [2.24, 2.45) is 5.92 Å². The standard InChI is InChI=1S/C21H25ClN2O3S/c1-15-3-9-20(10-4-15)28(26,27)24-13-11-18(12-14-24)21(25)23-16(2)17-5-7-19(22)8-6-17/h3-10,16,18H,11-14H2,1-2H3,(H,23,25). The first kappa shape index (κ1) is 20.8. The smallest absolute Gasteiger partial charge is 0.243 e. The quantitative estimate of drug-likeness (QED) is 0.796. The minimum Gasteiger partial charge on any atom is -0.349 e. The van der Waals surface area contributed by atoms with Gasteiger partial charge in [-0.3, -0.25) is 4.79 Å². The third-order valence-electron chi connectivity index (χ3n) is 5.21. The Morgan fingerprint density at radius 2 is 1.64 bits per heavy atom. The van der Waals surface area contributed by atoms with Gasteiger partial charge in [-0.1, -0.05) is 41.4 Å². The molecule has 1 aliphatic rings. The highest BCUT2D eigenvalue weighted by atomic mass is 35.5. The number of halogens is 1. The number of piperidine rings is 1. The molecule has 0 aromatic heterocycles. The Hall–Kier alpha value is -1.89. The second kappa shape index (κ2) is 8.64. The van der Waals surface area contributed by atoms with Crippen molar-refractivity contribution in [3.05, 3.63) is 64.7 Å². The van der Waals surface area contributed by atoms with Crippen molar-refractivity contribution in [2.45, 2.75) is 37.6 Å². The predicted octanol–water partition coefficient (Wildman–Crippen LogP) is 3.93. The van der Waals surface area contributed by atoms with E-state index in [1.54, 1.807) is 36.4 Å². The van der Waals surface area contributed by atoms with Gasteiger partial charge in [0.2, 0.25) is 15.9 Å². The van der Waals surface area contributed by atoms with Gasteiger partial charge >= 0.3 is 0 Å². The molecule has 5 nitrogen and oxygen atoms in total. The van der Waals surface area contributed by atoms with Crippen LogP contribution in [0.1, 0.15) is 36.9 Å². The molecule has 150 valence electrons.